The molecule has 1 saturated carbocycles. The molecule has 2 aliphatic rings. The largest absolute Gasteiger partial charge is 0.401 e. The Morgan fingerprint density at radius 2 is 1.58 bits per heavy atom. The van der Waals surface area contributed by atoms with E-state index in [0.717, 1.165) is 37.9 Å². The minimum Gasteiger partial charge on any atom is -0.385 e. The monoisotopic (exact) mass is 369 g/mol. The Morgan fingerprint density at radius 1 is 0.962 bits per heavy atom. The van der Waals surface area contributed by atoms with Crippen molar-refractivity contribution in [1.82, 2.24) is 4.90 Å². The summed E-state index contributed by atoms with van der Waals surface area (Å²) in [5, 5.41) is 3.52. The van der Waals surface area contributed by atoms with Gasteiger partial charge in [0.25, 0.3) is 0 Å². The predicted molar refractivity (Wildman–Crippen MR) is 99.3 cm³/mol. The van der Waals surface area contributed by atoms with Crippen molar-refractivity contribution in [2.24, 2.45) is 11.7 Å². The average Bonchev–Trinajstić information content (AvgIpc) is 2.61. The van der Waals surface area contributed by atoms with Crippen LogP contribution < -0.4 is 11.1 Å². The maximum Gasteiger partial charge on any atom is 0.401 e. The van der Waals surface area contributed by atoms with Gasteiger partial charge in [-0.3, -0.25) is 4.90 Å². The van der Waals surface area contributed by atoms with E-state index < -0.39 is 12.7 Å². The molecule has 1 aromatic rings. The summed E-state index contributed by atoms with van der Waals surface area (Å²) >= 11 is 0. The van der Waals surface area contributed by atoms with Gasteiger partial charge < -0.3 is 11.1 Å². The second-order valence-electron chi connectivity index (χ2n) is 7.95. The zero-order chi connectivity index (χ0) is 18.6. The molecule has 2 fully saturated rings. The SMILES string of the molecule is N[C@H]1CC[C@H](CNc2ccc(C3CCN(CC(F)(F)F)CC3)cc2)CC1. The Balaban J connectivity index is 1.43. The summed E-state index contributed by atoms with van der Waals surface area (Å²) in [4.78, 5) is 1.52. The molecular weight excluding hydrogens is 339 g/mol. The lowest BCUT2D eigenvalue weighted by atomic mass is 9.86. The second kappa shape index (κ2) is 8.61. The van der Waals surface area contributed by atoms with Gasteiger partial charge >= 0.3 is 6.18 Å². The van der Waals surface area contributed by atoms with E-state index in [-0.39, 0.29) is 0 Å². The van der Waals surface area contributed by atoms with Crippen LogP contribution in [0.4, 0.5) is 18.9 Å². The van der Waals surface area contributed by atoms with Crippen LogP contribution in [0.1, 0.15) is 50.0 Å². The van der Waals surface area contributed by atoms with Gasteiger partial charge in [0.15, 0.2) is 0 Å². The molecule has 0 amide bonds. The third-order valence-electron chi connectivity index (χ3n) is 5.86. The molecule has 6 heteroatoms. The van der Waals surface area contributed by atoms with Crippen molar-refractivity contribution in [2.45, 2.75) is 56.7 Å². The summed E-state index contributed by atoms with van der Waals surface area (Å²) in [6.45, 7) is 1.25. The summed E-state index contributed by atoms with van der Waals surface area (Å²) in [7, 11) is 0. The molecule has 146 valence electrons. The molecule has 0 spiro atoms. The van der Waals surface area contributed by atoms with Crippen LogP contribution in [0.3, 0.4) is 0 Å². The first-order chi connectivity index (χ1) is 12.4. The lowest BCUT2D eigenvalue weighted by molar-refractivity contribution is -0.147. The highest BCUT2D eigenvalue weighted by Gasteiger charge is 2.32. The number of rotatable bonds is 5. The Morgan fingerprint density at radius 3 is 2.15 bits per heavy atom. The van der Waals surface area contributed by atoms with Gasteiger partial charge in [-0.2, -0.15) is 13.2 Å². The molecule has 1 aliphatic carbocycles. The number of hydrogen-bond acceptors (Lipinski definition) is 3. The molecule has 1 aromatic carbocycles. The molecule has 0 atom stereocenters. The fourth-order valence-corrected chi connectivity index (χ4v) is 4.21. The van der Waals surface area contributed by atoms with E-state index in [0.29, 0.717) is 31.0 Å². The van der Waals surface area contributed by atoms with Gasteiger partial charge in [0.1, 0.15) is 0 Å². The standard InChI is InChI=1S/C20H30F3N3/c21-20(22,23)14-26-11-9-17(10-12-26)16-3-7-19(8-4-16)25-13-15-1-5-18(24)6-2-15/h3-4,7-8,15,17-18,25H,1-2,5-6,9-14,24H2/t15-,18-. The Labute approximate surface area is 154 Å². The molecule has 3 N–H and O–H groups in total. The molecular formula is C20H30F3N3. The van der Waals surface area contributed by atoms with E-state index in [1.165, 1.54) is 23.3 Å². The molecule has 1 heterocycles. The van der Waals surface area contributed by atoms with Crippen molar-refractivity contribution >= 4 is 5.69 Å². The normalized spacial score (nSPS) is 26.0. The van der Waals surface area contributed by atoms with Gasteiger partial charge in [0, 0.05) is 18.3 Å². The highest BCUT2D eigenvalue weighted by Crippen LogP contribution is 2.30. The summed E-state index contributed by atoms with van der Waals surface area (Å²) in [5.74, 6) is 1.07. The molecule has 26 heavy (non-hydrogen) atoms. The third-order valence-corrected chi connectivity index (χ3v) is 5.86. The fourth-order valence-electron chi connectivity index (χ4n) is 4.21. The number of nitrogens with zero attached hydrogens (tertiary/aromatic N) is 1. The highest BCUT2D eigenvalue weighted by molar-refractivity contribution is 5.45. The number of nitrogens with two attached hydrogens (primary N) is 1. The number of hydrogen-bond donors (Lipinski definition) is 2. The quantitative estimate of drug-likeness (QED) is 0.810. The van der Waals surface area contributed by atoms with Crippen LogP contribution >= 0.6 is 0 Å². The topological polar surface area (TPSA) is 41.3 Å². The van der Waals surface area contributed by atoms with E-state index in [4.69, 9.17) is 5.73 Å². The number of anilines is 1. The zero-order valence-electron chi connectivity index (χ0n) is 15.3. The van der Waals surface area contributed by atoms with E-state index in [9.17, 15) is 13.2 Å². The molecule has 0 radical (unpaired) electrons. The molecule has 3 rings (SSSR count). The summed E-state index contributed by atoms with van der Waals surface area (Å²) in [6, 6.07) is 8.85. The number of likely N-dealkylation sites (tertiary alicyclic amines) is 1. The van der Waals surface area contributed by atoms with Gasteiger partial charge in [-0.15, -0.1) is 0 Å². The maximum atomic E-state index is 12.5. The molecule has 0 bridgehead atoms. The van der Waals surface area contributed by atoms with Gasteiger partial charge in [0.05, 0.1) is 6.54 Å². The van der Waals surface area contributed by atoms with Crippen molar-refractivity contribution < 1.29 is 13.2 Å². The minimum absolute atomic E-state index is 0.369. The van der Waals surface area contributed by atoms with Crippen molar-refractivity contribution in [3.05, 3.63) is 29.8 Å². The van der Waals surface area contributed by atoms with Crippen molar-refractivity contribution in [1.29, 1.82) is 0 Å². The highest BCUT2D eigenvalue weighted by atomic mass is 19.4. The third kappa shape index (κ3) is 5.88. The fraction of sp³-hybridized carbons (Fsp3) is 0.700. The lowest BCUT2D eigenvalue weighted by Crippen LogP contribution is -2.39. The predicted octanol–water partition coefficient (Wildman–Crippen LogP) is 4.36. The first kappa shape index (κ1) is 19.5. The van der Waals surface area contributed by atoms with Crippen LogP contribution in [-0.4, -0.2) is 43.3 Å². The van der Waals surface area contributed by atoms with E-state index in [2.05, 4.69) is 29.6 Å². The average molecular weight is 369 g/mol. The van der Waals surface area contributed by atoms with Crippen LogP contribution in [0.25, 0.3) is 0 Å². The summed E-state index contributed by atoms with van der Waals surface area (Å²) in [6.07, 6.45) is 2.14. The van der Waals surface area contributed by atoms with Gasteiger partial charge in [0.2, 0.25) is 0 Å². The zero-order valence-corrected chi connectivity index (χ0v) is 15.3. The van der Waals surface area contributed by atoms with Crippen LogP contribution in [0.5, 0.6) is 0 Å². The van der Waals surface area contributed by atoms with E-state index in [1.54, 1.807) is 0 Å². The summed E-state index contributed by atoms with van der Waals surface area (Å²) in [5.41, 5.74) is 8.32. The Bertz CT molecular complexity index is 542. The smallest absolute Gasteiger partial charge is 0.385 e. The van der Waals surface area contributed by atoms with Gasteiger partial charge in [-0.1, -0.05) is 12.1 Å². The van der Waals surface area contributed by atoms with Crippen LogP contribution in [-0.2, 0) is 0 Å². The number of benzene rings is 1. The van der Waals surface area contributed by atoms with Crippen LogP contribution in [0.2, 0.25) is 0 Å². The van der Waals surface area contributed by atoms with Crippen molar-refractivity contribution in [2.75, 3.05) is 31.5 Å². The van der Waals surface area contributed by atoms with Crippen molar-refractivity contribution in [3.8, 4) is 0 Å². The van der Waals surface area contributed by atoms with Gasteiger partial charge in [-0.25, -0.2) is 0 Å². The second-order valence-corrected chi connectivity index (χ2v) is 7.95. The minimum atomic E-state index is -4.09. The lowest BCUT2D eigenvalue weighted by Gasteiger charge is -2.32. The Hall–Kier alpha value is -1.27. The van der Waals surface area contributed by atoms with Crippen LogP contribution in [0, 0.1) is 5.92 Å². The van der Waals surface area contributed by atoms with Crippen LogP contribution in [0.15, 0.2) is 24.3 Å². The molecule has 3 nitrogen and oxygen atoms in total. The molecule has 1 saturated heterocycles. The van der Waals surface area contributed by atoms with Gasteiger partial charge in [-0.05, 0) is 81.1 Å². The van der Waals surface area contributed by atoms with E-state index in [1.807, 2.05) is 0 Å². The number of nitrogens with one attached hydrogen (secondary N) is 1. The maximum absolute atomic E-state index is 12.5. The first-order valence-corrected chi connectivity index (χ1v) is 9.77. The number of alkyl halides is 3. The number of piperidine rings is 1. The number of halogens is 3. The Kier molecular flexibility index (Phi) is 6.46. The molecule has 1 aliphatic heterocycles. The van der Waals surface area contributed by atoms with E-state index >= 15 is 0 Å². The van der Waals surface area contributed by atoms with Crippen molar-refractivity contribution in [3.63, 3.8) is 0 Å². The summed E-state index contributed by atoms with van der Waals surface area (Å²) < 4.78 is 37.4. The molecule has 0 unspecified atom stereocenters. The first-order valence-electron chi connectivity index (χ1n) is 9.77. The molecule has 0 aromatic heterocycles.